The van der Waals surface area contributed by atoms with E-state index in [0.717, 1.165) is 6.42 Å². The Bertz CT molecular complexity index is 510. The lowest BCUT2D eigenvalue weighted by Gasteiger charge is -2.16. The molecule has 1 aromatic carbocycles. The number of carbonyl (C=O) groups is 1. The zero-order valence-corrected chi connectivity index (χ0v) is 14.2. The van der Waals surface area contributed by atoms with Gasteiger partial charge in [-0.05, 0) is 48.1 Å². The summed E-state index contributed by atoms with van der Waals surface area (Å²) in [5.74, 6) is 1.95. The molecule has 3 atom stereocenters. The summed E-state index contributed by atoms with van der Waals surface area (Å²) in [5, 5.41) is 3.16. The second-order valence-corrected chi connectivity index (χ2v) is 6.96. The van der Waals surface area contributed by atoms with E-state index in [4.69, 9.17) is 5.73 Å². The maximum atomic E-state index is 12.3. The molecular formula is C18H27ClN2O. The van der Waals surface area contributed by atoms with Crippen molar-refractivity contribution in [1.82, 2.24) is 5.32 Å². The van der Waals surface area contributed by atoms with E-state index < -0.39 is 0 Å². The summed E-state index contributed by atoms with van der Waals surface area (Å²) in [6.45, 7) is 4.97. The van der Waals surface area contributed by atoms with Crippen molar-refractivity contribution in [3.63, 3.8) is 0 Å². The van der Waals surface area contributed by atoms with Crippen LogP contribution in [0.2, 0.25) is 0 Å². The Morgan fingerprint density at radius 3 is 2.41 bits per heavy atom. The average molecular weight is 323 g/mol. The van der Waals surface area contributed by atoms with Crippen LogP contribution in [-0.4, -0.2) is 18.5 Å². The standard InChI is InChI=1S/C18H26N2O.ClH/c1-11(2)12-3-5-13(6-4-12)15-9-16(15)18(21)20-17(10-19)14-7-8-14;/h3-6,11,14-17H,7-10,19H2,1-2H3,(H,20,21);1H. The maximum absolute atomic E-state index is 12.3. The first kappa shape index (κ1) is 17.3. The number of rotatable bonds is 6. The molecule has 3 unspecified atom stereocenters. The Hall–Kier alpha value is -1.06. The van der Waals surface area contributed by atoms with Crippen LogP contribution in [0, 0.1) is 11.8 Å². The van der Waals surface area contributed by atoms with Gasteiger partial charge in [-0.2, -0.15) is 0 Å². The van der Waals surface area contributed by atoms with Crippen LogP contribution in [0.15, 0.2) is 24.3 Å². The molecule has 0 aliphatic heterocycles. The lowest BCUT2D eigenvalue weighted by atomic mass is 10.00. The Morgan fingerprint density at radius 2 is 1.91 bits per heavy atom. The van der Waals surface area contributed by atoms with Crippen molar-refractivity contribution in [2.75, 3.05) is 6.54 Å². The molecule has 4 heteroatoms. The molecule has 3 rings (SSSR count). The molecule has 0 bridgehead atoms. The summed E-state index contributed by atoms with van der Waals surface area (Å²) in [6.07, 6.45) is 3.41. The van der Waals surface area contributed by atoms with E-state index in [0.29, 0.717) is 24.3 Å². The first-order chi connectivity index (χ1) is 10.1. The van der Waals surface area contributed by atoms with Crippen molar-refractivity contribution in [1.29, 1.82) is 0 Å². The van der Waals surface area contributed by atoms with Gasteiger partial charge >= 0.3 is 0 Å². The number of hydrogen-bond acceptors (Lipinski definition) is 2. The van der Waals surface area contributed by atoms with Gasteiger partial charge in [0.1, 0.15) is 0 Å². The first-order valence-electron chi connectivity index (χ1n) is 8.20. The highest BCUT2D eigenvalue weighted by atomic mass is 35.5. The topological polar surface area (TPSA) is 55.1 Å². The molecular weight excluding hydrogens is 296 g/mol. The molecule has 2 aliphatic carbocycles. The molecule has 0 radical (unpaired) electrons. The number of nitrogens with two attached hydrogens (primary N) is 1. The van der Waals surface area contributed by atoms with E-state index in [2.05, 4.69) is 43.4 Å². The van der Waals surface area contributed by atoms with E-state index >= 15 is 0 Å². The average Bonchev–Trinajstić information content (AvgIpc) is 3.37. The second-order valence-electron chi connectivity index (χ2n) is 6.96. The van der Waals surface area contributed by atoms with Crippen LogP contribution in [0.25, 0.3) is 0 Å². The first-order valence-corrected chi connectivity index (χ1v) is 8.20. The quantitative estimate of drug-likeness (QED) is 0.845. The van der Waals surface area contributed by atoms with E-state index in [1.54, 1.807) is 0 Å². The van der Waals surface area contributed by atoms with Crippen LogP contribution in [0.4, 0.5) is 0 Å². The molecule has 2 saturated carbocycles. The van der Waals surface area contributed by atoms with Crippen molar-refractivity contribution >= 4 is 18.3 Å². The summed E-state index contributed by atoms with van der Waals surface area (Å²) in [7, 11) is 0. The number of amides is 1. The molecule has 0 heterocycles. The lowest BCUT2D eigenvalue weighted by Crippen LogP contribution is -2.42. The molecule has 122 valence electrons. The smallest absolute Gasteiger partial charge is 0.224 e. The van der Waals surface area contributed by atoms with Gasteiger partial charge in [0, 0.05) is 18.5 Å². The van der Waals surface area contributed by atoms with Crippen molar-refractivity contribution in [2.24, 2.45) is 17.6 Å². The summed E-state index contributed by atoms with van der Waals surface area (Å²) in [6, 6.07) is 8.96. The fourth-order valence-electron chi connectivity index (χ4n) is 3.14. The summed E-state index contributed by atoms with van der Waals surface area (Å²) in [5.41, 5.74) is 8.42. The van der Waals surface area contributed by atoms with Crippen molar-refractivity contribution in [2.45, 2.75) is 51.0 Å². The van der Waals surface area contributed by atoms with Gasteiger partial charge in [-0.1, -0.05) is 38.1 Å². The fourth-order valence-corrected chi connectivity index (χ4v) is 3.14. The molecule has 1 amide bonds. The molecule has 0 saturated heterocycles. The predicted octanol–water partition coefficient (Wildman–Crippen LogP) is 3.19. The second kappa shape index (κ2) is 7.01. The summed E-state index contributed by atoms with van der Waals surface area (Å²) >= 11 is 0. The monoisotopic (exact) mass is 322 g/mol. The highest BCUT2D eigenvalue weighted by molar-refractivity contribution is 5.85. The van der Waals surface area contributed by atoms with E-state index in [-0.39, 0.29) is 30.3 Å². The molecule has 3 N–H and O–H groups in total. The van der Waals surface area contributed by atoms with E-state index in [9.17, 15) is 4.79 Å². The van der Waals surface area contributed by atoms with Crippen LogP contribution in [0.5, 0.6) is 0 Å². The lowest BCUT2D eigenvalue weighted by molar-refractivity contribution is -0.123. The third-order valence-corrected chi connectivity index (χ3v) is 4.93. The number of halogens is 1. The zero-order valence-electron chi connectivity index (χ0n) is 13.4. The highest BCUT2D eigenvalue weighted by Gasteiger charge is 2.45. The zero-order chi connectivity index (χ0) is 15.0. The normalized spacial score (nSPS) is 24.5. The van der Waals surface area contributed by atoms with Crippen LogP contribution < -0.4 is 11.1 Å². The molecule has 3 nitrogen and oxygen atoms in total. The number of hydrogen-bond donors (Lipinski definition) is 2. The van der Waals surface area contributed by atoms with Crippen LogP contribution >= 0.6 is 12.4 Å². The van der Waals surface area contributed by atoms with E-state index in [1.165, 1.54) is 24.0 Å². The van der Waals surface area contributed by atoms with Crippen molar-refractivity contribution in [3.05, 3.63) is 35.4 Å². The molecule has 0 spiro atoms. The maximum Gasteiger partial charge on any atom is 0.224 e. The van der Waals surface area contributed by atoms with Gasteiger partial charge in [0.25, 0.3) is 0 Å². The number of carbonyl (C=O) groups excluding carboxylic acids is 1. The van der Waals surface area contributed by atoms with Crippen molar-refractivity contribution in [3.8, 4) is 0 Å². The summed E-state index contributed by atoms with van der Waals surface area (Å²) < 4.78 is 0. The minimum absolute atomic E-state index is 0. The third kappa shape index (κ3) is 3.82. The van der Waals surface area contributed by atoms with Crippen LogP contribution in [0.1, 0.15) is 56.1 Å². The number of benzene rings is 1. The van der Waals surface area contributed by atoms with E-state index in [1.807, 2.05) is 0 Å². The Labute approximate surface area is 139 Å². The number of nitrogens with one attached hydrogen (secondary N) is 1. The minimum Gasteiger partial charge on any atom is -0.352 e. The van der Waals surface area contributed by atoms with Crippen LogP contribution in [0.3, 0.4) is 0 Å². The SMILES string of the molecule is CC(C)c1ccc(C2CC2C(=O)NC(CN)C2CC2)cc1.Cl. The molecule has 22 heavy (non-hydrogen) atoms. The Balaban J connectivity index is 0.00000176. The van der Waals surface area contributed by atoms with Gasteiger partial charge in [-0.15, -0.1) is 12.4 Å². The Morgan fingerprint density at radius 1 is 1.27 bits per heavy atom. The minimum atomic E-state index is 0. The molecule has 0 aromatic heterocycles. The van der Waals surface area contributed by atoms with Gasteiger partial charge in [-0.25, -0.2) is 0 Å². The van der Waals surface area contributed by atoms with Gasteiger partial charge < -0.3 is 11.1 Å². The predicted molar refractivity (Wildman–Crippen MR) is 92.3 cm³/mol. The largest absolute Gasteiger partial charge is 0.352 e. The van der Waals surface area contributed by atoms with Crippen molar-refractivity contribution < 1.29 is 4.79 Å². The molecule has 2 fully saturated rings. The van der Waals surface area contributed by atoms with Gasteiger partial charge in [0.05, 0.1) is 0 Å². The van der Waals surface area contributed by atoms with Gasteiger partial charge in [-0.3, -0.25) is 4.79 Å². The van der Waals surface area contributed by atoms with Crippen LogP contribution in [-0.2, 0) is 4.79 Å². The third-order valence-electron chi connectivity index (χ3n) is 4.93. The Kier molecular flexibility index (Phi) is 5.51. The summed E-state index contributed by atoms with van der Waals surface area (Å²) in [4.78, 5) is 12.3. The molecule has 2 aliphatic rings. The highest BCUT2D eigenvalue weighted by Crippen LogP contribution is 2.48. The van der Waals surface area contributed by atoms with Gasteiger partial charge in [0.15, 0.2) is 0 Å². The molecule has 1 aromatic rings. The van der Waals surface area contributed by atoms with Gasteiger partial charge in [0.2, 0.25) is 5.91 Å². The fraction of sp³-hybridized carbons (Fsp3) is 0.611.